The van der Waals surface area contributed by atoms with Crippen molar-refractivity contribution in [3.8, 4) is 0 Å². The normalized spacial score (nSPS) is 24.3. The monoisotopic (exact) mass is 1520 g/mol. The molecule has 7 atom stereocenters. The van der Waals surface area contributed by atoms with Gasteiger partial charge in [-0.05, 0) is 190 Å². The second kappa shape index (κ2) is 35.1. The average molecular weight is 1520 g/mol. The maximum absolute atomic E-state index is 14.6. The van der Waals surface area contributed by atoms with E-state index >= 15 is 0 Å². The Balaban J connectivity index is 0.000000299. The molecule has 572 valence electrons. The van der Waals surface area contributed by atoms with Crippen LogP contribution in [0, 0.1) is 22.7 Å². The number of nitrogens with one attached hydrogen (secondary N) is 4. The SMILES string of the molecule is CC(=O)[C@@H]1CCCN(C(=O)[C@H](C)NC(=O)[C@@H](OC(=O)C2(/C=C/c3ccc4ccc([C@@H](C)N)nc4c3)CCC(C)(O)CC2)C(C)C)N1.CC(C)c1ccc2ccc(/C=C/C3(C(=O)O[C@H](C(=O)N[C@@H](C)C(=O)N4CCC[C@@H](C(=O)OCC(Cl)(Cl)Cl)N4)C(C)C)CCC(C)(O[Si](C)(C)C(C)(C)C)CC3)cc2n1. The van der Waals surface area contributed by atoms with E-state index in [4.69, 9.17) is 64.2 Å². The van der Waals surface area contributed by atoms with Gasteiger partial charge < -0.3 is 40.1 Å². The van der Waals surface area contributed by atoms with Crippen LogP contribution in [0.4, 0.5) is 0 Å². The first-order valence-electron chi connectivity index (χ1n) is 36.7. The number of aliphatic hydroxyl groups is 1. The Bertz CT molecular complexity index is 3790. The molecule has 0 radical (unpaired) electrons. The lowest BCUT2D eigenvalue weighted by atomic mass is 9.68. The molecule has 2 aliphatic heterocycles. The Hall–Kier alpha value is -6.41. The molecule has 104 heavy (non-hydrogen) atoms. The zero-order valence-corrected chi connectivity index (χ0v) is 67.1. The highest BCUT2D eigenvalue weighted by molar-refractivity contribution is 6.74. The zero-order valence-electron chi connectivity index (χ0n) is 63.8. The highest BCUT2D eigenvalue weighted by Gasteiger charge is 2.51. The number of alkyl halides is 3. The Morgan fingerprint density at radius 3 is 1.47 bits per heavy atom. The number of benzene rings is 2. The number of hydrogen-bond acceptors (Lipinski definition) is 18. The molecule has 4 fully saturated rings. The molecule has 0 bridgehead atoms. The maximum Gasteiger partial charge on any atom is 0.325 e. The number of fused-ring (bicyclic) bond motifs is 2. The van der Waals surface area contributed by atoms with Gasteiger partial charge in [-0.3, -0.25) is 58.3 Å². The third kappa shape index (κ3) is 22.6. The Labute approximate surface area is 630 Å². The number of carbonyl (C=O) groups excluding carboxylic acids is 8. The predicted octanol–water partition coefficient (Wildman–Crippen LogP) is 12.9. The van der Waals surface area contributed by atoms with Gasteiger partial charge in [0.05, 0.1) is 44.8 Å². The Morgan fingerprint density at radius 2 is 1.06 bits per heavy atom. The number of amides is 4. The minimum Gasteiger partial charge on any atom is -0.460 e. The van der Waals surface area contributed by atoms with Crippen molar-refractivity contribution in [3.05, 3.63) is 95.3 Å². The van der Waals surface area contributed by atoms with Crippen molar-refractivity contribution in [3.63, 3.8) is 0 Å². The first kappa shape index (κ1) is 84.8. The van der Waals surface area contributed by atoms with Crippen molar-refractivity contribution >= 4 is 124 Å². The Kier molecular flexibility index (Phi) is 28.6. The summed E-state index contributed by atoms with van der Waals surface area (Å²) < 4.78 is 22.5. The summed E-state index contributed by atoms with van der Waals surface area (Å²) in [6, 6.07) is 16.5. The number of rotatable bonds is 23. The van der Waals surface area contributed by atoms with Crippen molar-refractivity contribution in [1.29, 1.82) is 0 Å². The van der Waals surface area contributed by atoms with Gasteiger partial charge in [-0.15, -0.1) is 0 Å². The van der Waals surface area contributed by atoms with Crippen LogP contribution in [0.2, 0.25) is 18.1 Å². The second-order valence-corrected chi connectivity index (χ2v) is 39.4. The van der Waals surface area contributed by atoms with Gasteiger partial charge >= 0.3 is 17.9 Å². The molecule has 8 rings (SSSR count). The molecule has 4 amide bonds. The van der Waals surface area contributed by atoms with Gasteiger partial charge in [0.2, 0.25) is 3.79 Å². The van der Waals surface area contributed by atoms with E-state index in [1.165, 1.54) is 16.9 Å². The molecule has 0 unspecified atom stereocenters. The lowest BCUT2D eigenvalue weighted by Gasteiger charge is -2.48. The van der Waals surface area contributed by atoms with Crippen LogP contribution in [0.3, 0.4) is 0 Å². The molecule has 2 saturated carbocycles. The van der Waals surface area contributed by atoms with E-state index < -0.39 is 119 Å². The standard InChI is InChI=1S/C43H63Cl3N4O7Si.C35H49N5O6/c1-27(2)32-17-16-31-15-14-30(25-34(31)48-32)18-19-42(22-20-41(9,21-23-42)57-58(10,11)40(6,7)8)39(54)56-35(28(3)4)36(51)47-29(5)37(52)50-24-12-13-33(49-50)38(53)55-26-43(44,45)46;1-21(2)30(31(42)37-23(4)32(43)40-19-7-8-28(39-40)24(5)41)46-33(44)35(17-15-34(6,45)16-18-35)14-13-25-9-10-26-11-12-27(22(3)36)38-29(26)20-25/h14-19,25,27-29,33,35,49H,12-13,20-24,26H2,1-11H3,(H,47,51);9-14,20-23,28,30,39,45H,7-8,15-19,36H2,1-6H3,(H,37,42)/b19-18+;14-13+/t29-,33-,35-,41?,42?;22-,23+,28+,30+,34?,35?/m01/s1. The van der Waals surface area contributed by atoms with Crippen LogP contribution in [0.25, 0.3) is 34.0 Å². The van der Waals surface area contributed by atoms with Crippen LogP contribution in [0.15, 0.2) is 72.8 Å². The summed E-state index contributed by atoms with van der Waals surface area (Å²) in [4.78, 5) is 117. The van der Waals surface area contributed by atoms with Gasteiger partial charge in [-0.2, -0.15) is 0 Å². The highest BCUT2D eigenvalue weighted by Crippen LogP contribution is 2.49. The van der Waals surface area contributed by atoms with E-state index in [9.17, 15) is 43.5 Å². The predicted molar refractivity (Wildman–Crippen MR) is 410 cm³/mol. The molecule has 2 aliphatic carbocycles. The van der Waals surface area contributed by atoms with Gasteiger partial charge in [0, 0.05) is 35.6 Å². The largest absolute Gasteiger partial charge is 0.460 e. The van der Waals surface area contributed by atoms with Crippen molar-refractivity contribution < 1.29 is 62.1 Å². The third-order valence-electron chi connectivity index (χ3n) is 21.0. The lowest BCUT2D eigenvalue weighted by Crippen LogP contribution is -2.60. The molecule has 0 spiro atoms. The molecular formula is C78H112Cl3N9O13Si. The first-order chi connectivity index (χ1) is 48.3. The van der Waals surface area contributed by atoms with Gasteiger partial charge in [-0.1, -0.05) is 158 Å². The summed E-state index contributed by atoms with van der Waals surface area (Å²) in [7, 11) is -2.13. The summed E-state index contributed by atoms with van der Waals surface area (Å²) in [6.07, 6.45) is 11.1. The van der Waals surface area contributed by atoms with Crippen LogP contribution in [-0.4, -0.2) is 152 Å². The summed E-state index contributed by atoms with van der Waals surface area (Å²) >= 11 is 17.2. The number of halogens is 3. The molecule has 22 nitrogen and oxygen atoms in total. The molecule has 2 aromatic heterocycles. The average Bonchev–Trinajstić information content (AvgIpc) is 0.770. The number of ketones is 1. The fourth-order valence-electron chi connectivity index (χ4n) is 13.0. The summed E-state index contributed by atoms with van der Waals surface area (Å²) in [5.74, 6) is -4.28. The number of nitrogens with zero attached hydrogens (tertiary/aromatic N) is 4. The fourth-order valence-corrected chi connectivity index (χ4v) is 14.9. The van der Waals surface area contributed by atoms with Crippen molar-refractivity contribution in [1.82, 2.24) is 41.5 Å². The quantitative estimate of drug-likeness (QED) is 0.0174. The number of Topliss-reactive ketones (excluding diaryl/α,β-unsaturated/α-hetero) is 1. The van der Waals surface area contributed by atoms with Gasteiger partial charge in [-0.25, -0.2) is 10.9 Å². The first-order valence-corrected chi connectivity index (χ1v) is 40.7. The third-order valence-corrected chi connectivity index (χ3v) is 25.9. The molecular weight excluding hydrogens is 1410 g/mol. The number of nitrogens with two attached hydrogens (primary N) is 1. The molecule has 2 saturated heterocycles. The van der Waals surface area contributed by atoms with Crippen molar-refractivity contribution in [2.75, 3.05) is 19.7 Å². The number of carbonyl (C=O) groups is 8. The second-order valence-electron chi connectivity index (χ2n) is 32.2. The fraction of sp³-hybridized carbons (Fsp3) is 0.615. The number of hydrogen-bond donors (Lipinski definition) is 6. The van der Waals surface area contributed by atoms with Gasteiger partial charge in [0.25, 0.3) is 23.6 Å². The van der Waals surface area contributed by atoms with Crippen LogP contribution in [-0.2, 0) is 57.0 Å². The molecule has 4 aromatic rings. The summed E-state index contributed by atoms with van der Waals surface area (Å²) in [5.41, 5.74) is 13.6. The minimum atomic E-state index is -2.13. The smallest absolute Gasteiger partial charge is 0.325 e. The molecule has 4 aliphatic rings. The van der Waals surface area contributed by atoms with E-state index in [0.29, 0.717) is 90.1 Å². The highest BCUT2D eigenvalue weighted by atomic mass is 35.6. The molecule has 2 aromatic carbocycles. The van der Waals surface area contributed by atoms with Crippen molar-refractivity contribution in [2.45, 2.75) is 262 Å². The zero-order chi connectivity index (χ0) is 77.2. The molecule has 26 heteroatoms. The van der Waals surface area contributed by atoms with E-state index in [-0.39, 0.29) is 34.6 Å². The summed E-state index contributed by atoms with van der Waals surface area (Å²) in [5, 5.41) is 20.9. The topological polar surface area (TPSA) is 300 Å². The lowest BCUT2D eigenvalue weighted by molar-refractivity contribution is -0.170. The number of hydrazine groups is 2. The van der Waals surface area contributed by atoms with E-state index in [0.717, 1.165) is 44.3 Å². The van der Waals surface area contributed by atoms with E-state index in [2.05, 4.69) is 87.2 Å². The van der Waals surface area contributed by atoms with Crippen molar-refractivity contribution in [2.24, 2.45) is 28.4 Å². The summed E-state index contributed by atoms with van der Waals surface area (Å²) in [6.45, 7) is 33.2. The van der Waals surface area contributed by atoms with E-state index in [1.807, 2.05) is 85.8 Å². The van der Waals surface area contributed by atoms with Gasteiger partial charge in [0.1, 0.15) is 30.5 Å². The minimum absolute atomic E-state index is 0.0177. The Morgan fingerprint density at radius 1 is 0.644 bits per heavy atom. The maximum atomic E-state index is 14.6. The van der Waals surface area contributed by atoms with Crippen LogP contribution >= 0.6 is 34.8 Å². The number of ether oxygens (including phenoxy) is 3. The van der Waals surface area contributed by atoms with Crippen LogP contribution < -0.4 is 27.2 Å². The van der Waals surface area contributed by atoms with Crippen LogP contribution in [0.5, 0.6) is 0 Å². The van der Waals surface area contributed by atoms with Gasteiger partial charge in [0.15, 0.2) is 20.5 Å². The van der Waals surface area contributed by atoms with E-state index in [1.54, 1.807) is 48.5 Å². The van der Waals surface area contributed by atoms with Crippen LogP contribution in [0.1, 0.15) is 215 Å². The molecule has 7 N–H and O–H groups in total. The number of aromatic nitrogens is 2. The number of esters is 3. The number of pyridine rings is 2. The molecule has 4 heterocycles.